The van der Waals surface area contributed by atoms with E-state index in [-0.39, 0.29) is 36.2 Å². The van der Waals surface area contributed by atoms with Crippen LogP contribution in [0.3, 0.4) is 0 Å². The predicted molar refractivity (Wildman–Crippen MR) is 96.3 cm³/mol. The summed E-state index contributed by atoms with van der Waals surface area (Å²) < 4.78 is 31.7. The number of carboxylic acid groups (broad SMARTS) is 2. The van der Waals surface area contributed by atoms with E-state index in [1.165, 1.54) is 0 Å². The smallest absolute Gasteiger partial charge is 0.481 e. The van der Waals surface area contributed by atoms with Gasteiger partial charge >= 0.3 is 18.1 Å². The molecule has 2 saturated carbocycles. The molecule has 0 spiro atoms. The number of pyridine rings is 1. The molecular formula is C19H20F3N3O6. The number of aromatic nitrogens is 1. The zero-order valence-corrected chi connectivity index (χ0v) is 16.3. The van der Waals surface area contributed by atoms with Crippen molar-refractivity contribution in [2.75, 3.05) is 7.05 Å². The van der Waals surface area contributed by atoms with Gasteiger partial charge in [-0.05, 0) is 30.4 Å². The third-order valence-electron chi connectivity index (χ3n) is 6.15. The summed E-state index contributed by atoms with van der Waals surface area (Å²) in [7, 11) is 1.70. The first-order valence-corrected chi connectivity index (χ1v) is 9.38. The number of hydrogen-bond donors (Lipinski definition) is 3. The number of rotatable bonds is 4. The minimum absolute atomic E-state index is 0.0469. The van der Waals surface area contributed by atoms with Crippen molar-refractivity contribution >= 4 is 23.8 Å². The van der Waals surface area contributed by atoms with Crippen molar-refractivity contribution in [1.29, 1.82) is 0 Å². The minimum atomic E-state index is -5.08. The van der Waals surface area contributed by atoms with E-state index in [9.17, 15) is 32.7 Å². The Hall–Kier alpha value is -3.18. The lowest BCUT2D eigenvalue weighted by Crippen LogP contribution is -2.50. The summed E-state index contributed by atoms with van der Waals surface area (Å²) in [5.41, 5.74) is 0.245. The predicted octanol–water partition coefficient (Wildman–Crippen LogP) is 1.21. The number of likely N-dealkylation sites (tertiary alicyclic amines) is 1. The minimum Gasteiger partial charge on any atom is -0.481 e. The van der Waals surface area contributed by atoms with Crippen molar-refractivity contribution in [3.63, 3.8) is 0 Å². The highest BCUT2D eigenvalue weighted by atomic mass is 19.4. The Morgan fingerprint density at radius 3 is 2.35 bits per heavy atom. The van der Waals surface area contributed by atoms with Gasteiger partial charge in [0.1, 0.15) is 0 Å². The van der Waals surface area contributed by atoms with Crippen LogP contribution in [-0.2, 0) is 19.2 Å². The summed E-state index contributed by atoms with van der Waals surface area (Å²) in [6.45, 7) is 0. The lowest BCUT2D eigenvalue weighted by molar-refractivity contribution is -0.192. The average molecular weight is 443 g/mol. The fourth-order valence-electron chi connectivity index (χ4n) is 4.36. The number of carboxylic acids is 2. The van der Waals surface area contributed by atoms with Crippen molar-refractivity contribution < 1.29 is 42.6 Å². The van der Waals surface area contributed by atoms with E-state index in [1.807, 2.05) is 6.07 Å². The molecule has 1 saturated heterocycles. The van der Waals surface area contributed by atoms with E-state index in [1.54, 1.807) is 30.4 Å². The Morgan fingerprint density at radius 2 is 1.90 bits per heavy atom. The highest BCUT2D eigenvalue weighted by Crippen LogP contribution is 2.67. The highest BCUT2D eigenvalue weighted by molar-refractivity contribution is 5.91. The molecule has 3 aliphatic rings. The van der Waals surface area contributed by atoms with Gasteiger partial charge in [0.2, 0.25) is 11.8 Å². The molecule has 1 aromatic heterocycles. The van der Waals surface area contributed by atoms with Gasteiger partial charge in [-0.2, -0.15) is 13.2 Å². The average Bonchev–Trinajstić information content (AvgIpc) is 3.20. The van der Waals surface area contributed by atoms with E-state index in [2.05, 4.69) is 10.3 Å². The monoisotopic (exact) mass is 443 g/mol. The Labute approximate surface area is 174 Å². The fourth-order valence-corrected chi connectivity index (χ4v) is 4.36. The standard InChI is InChI=1S/C17H19N3O4.C2HF3O2/c1-20-13(21)5-10(14(20)9-3-2-4-18-8-9)15(22)19-12-7-17(16(23)24)6-11(12)17;3-2(4,5)1(6)7/h2-4,8,10-12,14H,5-7H2,1H3,(H,19,22)(H,23,24);(H,6,7)/t10-,11-,12+,14+,17-;/m0./s1. The first kappa shape index (κ1) is 22.5. The van der Waals surface area contributed by atoms with Crippen LogP contribution in [0.25, 0.3) is 0 Å². The van der Waals surface area contributed by atoms with E-state index in [0.717, 1.165) is 5.56 Å². The lowest BCUT2D eigenvalue weighted by Gasteiger charge is -2.34. The van der Waals surface area contributed by atoms with Crippen LogP contribution in [0, 0.1) is 17.3 Å². The molecule has 2 amide bonds. The van der Waals surface area contributed by atoms with Crippen molar-refractivity contribution in [2.24, 2.45) is 17.3 Å². The maximum Gasteiger partial charge on any atom is 0.490 e. The number of halogens is 3. The molecule has 0 unspecified atom stereocenters. The molecule has 3 N–H and O–H groups in total. The molecule has 1 aromatic rings. The fraction of sp³-hybridized carbons (Fsp3) is 0.526. The maximum atomic E-state index is 12.7. The van der Waals surface area contributed by atoms with Crippen LogP contribution in [0.4, 0.5) is 13.2 Å². The molecule has 31 heavy (non-hydrogen) atoms. The molecule has 5 atom stereocenters. The van der Waals surface area contributed by atoms with Crippen LogP contribution in [0.5, 0.6) is 0 Å². The highest BCUT2D eigenvalue weighted by Gasteiger charge is 2.72. The summed E-state index contributed by atoms with van der Waals surface area (Å²) in [5, 5.41) is 19.3. The number of aliphatic carboxylic acids is 2. The van der Waals surface area contributed by atoms with E-state index in [4.69, 9.17) is 9.90 Å². The molecule has 12 heteroatoms. The number of carbonyl (C=O) groups excluding carboxylic acids is 2. The molecule has 2 aliphatic carbocycles. The van der Waals surface area contributed by atoms with Crippen molar-refractivity contribution in [3.8, 4) is 0 Å². The van der Waals surface area contributed by atoms with Gasteiger partial charge in [0.15, 0.2) is 0 Å². The van der Waals surface area contributed by atoms with Crippen LogP contribution < -0.4 is 5.32 Å². The van der Waals surface area contributed by atoms with Crippen molar-refractivity contribution in [2.45, 2.75) is 37.5 Å². The zero-order valence-electron chi connectivity index (χ0n) is 16.3. The number of amides is 2. The second kappa shape index (κ2) is 7.82. The second-order valence-corrected chi connectivity index (χ2v) is 7.94. The van der Waals surface area contributed by atoms with Crippen LogP contribution in [-0.4, -0.2) is 63.1 Å². The summed E-state index contributed by atoms with van der Waals surface area (Å²) in [6.07, 6.45) is -0.443. The van der Waals surface area contributed by atoms with E-state index >= 15 is 0 Å². The number of nitrogens with zero attached hydrogens (tertiary/aromatic N) is 2. The lowest BCUT2D eigenvalue weighted by atomic mass is 9.79. The van der Waals surface area contributed by atoms with Crippen LogP contribution in [0.15, 0.2) is 24.5 Å². The quantitative estimate of drug-likeness (QED) is 0.636. The van der Waals surface area contributed by atoms with Gasteiger partial charge in [-0.15, -0.1) is 0 Å². The van der Waals surface area contributed by atoms with E-state index in [0.29, 0.717) is 12.8 Å². The summed E-state index contributed by atoms with van der Waals surface area (Å²) >= 11 is 0. The Kier molecular flexibility index (Phi) is 5.68. The van der Waals surface area contributed by atoms with Gasteiger partial charge in [-0.25, -0.2) is 4.79 Å². The number of alkyl halides is 3. The number of carbonyl (C=O) groups is 4. The van der Waals surface area contributed by atoms with Gasteiger partial charge in [-0.1, -0.05) is 6.07 Å². The molecule has 9 nitrogen and oxygen atoms in total. The number of hydrogen-bond acceptors (Lipinski definition) is 5. The molecule has 0 aromatic carbocycles. The van der Waals surface area contributed by atoms with Gasteiger partial charge in [0, 0.05) is 31.9 Å². The van der Waals surface area contributed by atoms with Crippen LogP contribution in [0.1, 0.15) is 30.9 Å². The Bertz CT molecular complexity index is 909. The third kappa shape index (κ3) is 4.19. The van der Waals surface area contributed by atoms with E-state index < -0.39 is 29.4 Å². The summed E-state index contributed by atoms with van der Waals surface area (Å²) in [4.78, 5) is 50.6. The molecule has 2 heterocycles. The molecule has 3 fully saturated rings. The third-order valence-corrected chi connectivity index (χ3v) is 6.15. The molecular weight excluding hydrogens is 423 g/mol. The molecule has 4 rings (SSSR count). The maximum absolute atomic E-state index is 12.7. The second-order valence-electron chi connectivity index (χ2n) is 7.94. The van der Waals surface area contributed by atoms with Crippen molar-refractivity contribution in [3.05, 3.63) is 30.1 Å². The van der Waals surface area contributed by atoms with Gasteiger partial charge in [0.05, 0.1) is 17.4 Å². The molecule has 168 valence electrons. The van der Waals surface area contributed by atoms with Gasteiger partial charge in [0.25, 0.3) is 0 Å². The first-order chi connectivity index (χ1) is 14.4. The van der Waals surface area contributed by atoms with Gasteiger partial charge in [-0.3, -0.25) is 19.4 Å². The first-order valence-electron chi connectivity index (χ1n) is 9.38. The zero-order chi connectivity index (χ0) is 23.1. The SMILES string of the molecule is CN1C(=O)C[C@H](C(=O)N[C@@H]2C[C@@]3(C(=O)O)C[C@@H]23)[C@H]1c1cccnc1.O=C(O)C(F)(F)F. The van der Waals surface area contributed by atoms with Crippen LogP contribution >= 0.6 is 0 Å². The van der Waals surface area contributed by atoms with Crippen LogP contribution in [0.2, 0.25) is 0 Å². The number of nitrogens with one attached hydrogen (secondary N) is 1. The van der Waals surface area contributed by atoms with Gasteiger partial charge < -0.3 is 20.4 Å². The largest absolute Gasteiger partial charge is 0.490 e. The summed E-state index contributed by atoms with van der Waals surface area (Å²) in [6, 6.07) is 3.25. The number of fused-ring (bicyclic) bond motifs is 1. The molecule has 0 bridgehead atoms. The van der Waals surface area contributed by atoms with Crippen molar-refractivity contribution in [1.82, 2.24) is 15.2 Å². The topological polar surface area (TPSA) is 137 Å². The Balaban J connectivity index is 0.000000339. The normalized spacial score (nSPS) is 31.0. The summed E-state index contributed by atoms with van der Waals surface area (Å²) in [5.74, 6) is -4.17. The molecule has 1 aliphatic heterocycles. The Morgan fingerprint density at radius 1 is 1.26 bits per heavy atom. The molecule has 0 radical (unpaired) electrons.